The van der Waals surface area contributed by atoms with Crippen molar-refractivity contribution < 1.29 is 26.7 Å². The average molecular weight is 374 g/mol. The zero-order chi connectivity index (χ0) is 18.9. The molecule has 0 aliphatic heterocycles. The van der Waals surface area contributed by atoms with Crippen molar-refractivity contribution in [1.82, 2.24) is 0 Å². The molecule has 0 bridgehead atoms. The summed E-state index contributed by atoms with van der Waals surface area (Å²) in [5.41, 5.74) is 0.434. The fourth-order valence-electron chi connectivity index (χ4n) is 4.70. The van der Waals surface area contributed by atoms with Crippen LogP contribution in [-0.2, 0) is 0 Å². The SMILES string of the molecule is CC=C[C@@H]1CC[C@@H]2CC(c3cc(F)c(OC(F)(F)F)c(F)c3)CC[C@@H]2C1. The Bertz CT molecular complexity index is 644. The molecule has 2 fully saturated rings. The van der Waals surface area contributed by atoms with Crippen LogP contribution in [0.1, 0.15) is 56.9 Å². The van der Waals surface area contributed by atoms with E-state index in [9.17, 15) is 22.0 Å². The number of benzene rings is 1. The van der Waals surface area contributed by atoms with Crippen LogP contribution in [0.2, 0.25) is 0 Å². The van der Waals surface area contributed by atoms with Crippen molar-refractivity contribution in [3.8, 4) is 5.75 Å². The van der Waals surface area contributed by atoms with Crippen LogP contribution >= 0.6 is 0 Å². The molecule has 0 aromatic heterocycles. The summed E-state index contributed by atoms with van der Waals surface area (Å²) in [6, 6.07) is 2.00. The van der Waals surface area contributed by atoms with Crippen LogP contribution in [0.4, 0.5) is 22.0 Å². The largest absolute Gasteiger partial charge is 0.573 e. The van der Waals surface area contributed by atoms with E-state index >= 15 is 0 Å². The molecule has 4 atom stereocenters. The van der Waals surface area contributed by atoms with Crippen LogP contribution in [-0.4, -0.2) is 6.36 Å². The maximum absolute atomic E-state index is 14.0. The van der Waals surface area contributed by atoms with Gasteiger partial charge in [0.25, 0.3) is 0 Å². The highest BCUT2D eigenvalue weighted by Gasteiger charge is 2.37. The van der Waals surface area contributed by atoms with Gasteiger partial charge in [-0.15, -0.1) is 13.2 Å². The molecule has 2 saturated carbocycles. The molecule has 3 rings (SSSR count). The fourth-order valence-corrected chi connectivity index (χ4v) is 4.70. The Morgan fingerprint density at radius 1 is 0.962 bits per heavy atom. The highest BCUT2D eigenvalue weighted by Crippen LogP contribution is 2.48. The van der Waals surface area contributed by atoms with Gasteiger partial charge in [0.2, 0.25) is 5.75 Å². The summed E-state index contributed by atoms with van der Waals surface area (Å²) in [6.45, 7) is 2.03. The number of hydrogen-bond acceptors (Lipinski definition) is 1. The van der Waals surface area contributed by atoms with Gasteiger partial charge in [-0.25, -0.2) is 8.78 Å². The molecule has 2 aliphatic rings. The van der Waals surface area contributed by atoms with Crippen molar-refractivity contribution in [1.29, 1.82) is 0 Å². The van der Waals surface area contributed by atoms with Gasteiger partial charge < -0.3 is 4.74 Å². The van der Waals surface area contributed by atoms with Gasteiger partial charge in [0.1, 0.15) is 0 Å². The zero-order valence-electron chi connectivity index (χ0n) is 14.7. The molecule has 0 spiro atoms. The first-order valence-corrected chi connectivity index (χ1v) is 9.14. The van der Waals surface area contributed by atoms with E-state index in [1.165, 1.54) is 0 Å². The minimum Gasteiger partial charge on any atom is -0.399 e. The smallest absolute Gasteiger partial charge is 0.399 e. The lowest BCUT2D eigenvalue weighted by Gasteiger charge is -2.41. The first-order chi connectivity index (χ1) is 12.3. The van der Waals surface area contributed by atoms with Gasteiger partial charge >= 0.3 is 6.36 Å². The first-order valence-electron chi connectivity index (χ1n) is 9.14. The van der Waals surface area contributed by atoms with Crippen molar-refractivity contribution >= 4 is 0 Å². The summed E-state index contributed by atoms with van der Waals surface area (Å²) < 4.78 is 68.3. The van der Waals surface area contributed by atoms with Crippen molar-refractivity contribution in [2.45, 2.75) is 57.7 Å². The molecule has 144 valence electrons. The van der Waals surface area contributed by atoms with E-state index in [0.717, 1.165) is 50.7 Å². The van der Waals surface area contributed by atoms with Crippen molar-refractivity contribution in [2.75, 3.05) is 0 Å². The normalized spacial score (nSPS) is 29.6. The van der Waals surface area contributed by atoms with E-state index in [2.05, 4.69) is 16.9 Å². The monoisotopic (exact) mass is 374 g/mol. The minimum atomic E-state index is -5.12. The Balaban J connectivity index is 1.71. The standard InChI is InChI=1S/C20H23F5O/c1-2-3-12-4-5-14-9-15(7-6-13(14)8-12)16-10-17(21)19(18(22)11-16)26-20(23,24)25/h2-3,10-15H,4-9H2,1H3/t12-,13-,14-,15?/m1/s1. The highest BCUT2D eigenvalue weighted by molar-refractivity contribution is 5.33. The van der Waals surface area contributed by atoms with Gasteiger partial charge in [-0.2, -0.15) is 0 Å². The second kappa shape index (κ2) is 7.57. The highest BCUT2D eigenvalue weighted by atomic mass is 19.4. The first kappa shape index (κ1) is 19.2. The topological polar surface area (TPSA) is 9.23 Å². The Hall–Kier alpha value is -1.59. The third kappa shape index (κ3) is 4.38. The van der Waals surface area contributed by atoms with Crippen LogP contribution in [0.3, 0.4) is 0 Å². The zero-order valence-corrected chi connectivity index (χ0v) is 14.7. The van der Waals surface area contributed by atoms with E-state index in [1.54, 1.807) is 0 Å². The van der Waals surface area contributed by atoms with Crippen molar-refractivity contribution in [3.05, 3.63) is 41.5 Å². The quantitative estimate of drug-likeness (QED) is 0.420. The van der Waals surface area contributed by atoms with Gasteiger partial charge in [-0.1, -0.05) is 12.2 Å². The number of allylic oxidation sites excluding steroid dienone is 2. The number of alkyl halides is 3. The van der Waals surface area contributed by atoms with Gasteiger partial charge in [0.05, 0.1) is 0 Å². The Labute approximate surface area is 150 Å². The van der Waals surface area contributed by atoms with E-state index in [0.29, 0.717) is 23.3 Å². The van der Waals surface area contributed by atoms with Crippen LogP contribution in [0, 0.1) is 29.4 Å². The van der Waals surface area contributed by atoms with Crippen molar-refractivity contribution in [2.24, 2.45) is 17.8 Å². The number of rotatable bonds is 3. The maximum atomic E-state index is 14.0. The number of ether oxygens (including phenoxy) is 1. The molecule has 26 heavy (non-hydrogen) atoms. The molecule has 1 unspecified atom stereocenters. The molecule has 0 saturated heterocycles. The van der Waals surface area contributed by atoms with Gasteiger partial charge in [0.15, 0.2) is 11.6 Å². The van der Waals surface area contributed by atoms with Crippen LogP contribution in [0.15, 0.2) is 24.3 Å². The number of fused-ring (bicyclic) bond motifs is 1. The van der Waals surface area contributed by atoms with E-state index < -0.39 is 23.7 Å². The summed E-state index contributed by atoms with van der Waals surface area (Å²) in [5.74, 6) is -2.21. The van der Waals surface area contributed by atoms with Gasteiger partial charge in [-0.05, 0) is 86.8 Å². The predicted octanol–water partition coefficient (Wildman–Crippen LogP) is 6.74. The summed E-state index contributed by atoms with van der Waals surface area (Å²) in [4.78, 5) is 0. The molecule has 0 heterocycles. The Kier molecular flexibility index (Phi) is 5.58. The average Bonchev–Trinajstić information content (AvgIpc) is 2.57. The van der Waals surface area contributed by atoms with Gasteiger partial charge in [0, 0.05) is 0 Å². The Morgan fingerprint density at radius 3 is 2.19 bits per heavy atom. The summed E-state index contributed by atoms with van der Waals surface area (Å²) >= 11 is 0. The minimum absolute atomic E-state index is 0.0153. The second-order valence-electron chi connectivity index (χ2n) is 7.49. The lowest BCUT2D eigenvalue weighted by molar-refractivity contribution is -0.276. The van der Waals surface area contributed by atoms with E-state index in [1.807, 2.05) is 6.92 Å². The molecule has 6 heteroatoms. The fraction of sp³-hybridized carbons (Fsp3) is 0.600. The predicted molar refractivity (Wildman–Crippen MR) is 88.8 cm³/mol. The third-order valence-electron chi connectivity index (χ3n) is 5.83. The summed E-state index contributed by atoms with van der Waals surface area (Å²) in [5, 5.41) is 0. The van der Waals surface area contributed by atoms with Crippen LogP contribution in [0.5, 0.6) is 5.75 Å². The lowest BCUT2D eigenvalue weighted by atomic mass is 9.64. The molecule has 0 radical (unpaired) electrons. The third-order valence-corrected chi connectivity index (χ3v) is 5.83. The molecule has 1 aromatic carbocycles. The number of hydrogen-bond donors (Lipinski definition) is 0. The van der Waals surface area contributed by atoms with Crippen LogP contribution < -0.4 is 4.74 Å². The second-order valence-corrected chi connectivity index (χ2v) is 7.49. The molecule has 0 amide bonds. The van der Waals surface area contributed by atoms with Crippen molar-refractivity contribution in [3.63, 3.8) is 0 Å². The lowest BCUT2D eigenvalue weighted by Crippen LogP contribution is -2.30. The Morgan fingerprint density at radius 2 is 1.58 bits per heavy atom. The van der Waals surface area contributed by atoms with Crippen LogP contribution in [0.25, 0.3) is 0 Å². The molecule has 0 N–H and O–H groups in total. The molecule has 1 nitrogen and oxygen atoms in total. The summed E-state index contributed by atoms with van der Waals surface area (Å²) in [6.07, 6.45) is 5.24. The molecular formula is C20H23F5O. The van der Waals surface area contributed by atoms with Gasteiger partial charge in [-0.3, -0.25) is 0 Å². The molecule has 1 aromatic rings. The van der Waals surface area contributed by atoms with E-state index in [-0.39, 0.29) is 5.92 Å². The maximum Gasteiger partial charge on any atom is 0.573 e. The summed E-state index contributed by atoms with van der Waals surface area (Å²) in [7, 11) is 0. The molecular weight excluding hydrogens is 351 g/mol. The van der Waals surface area contributed by atoms with E-state index in [4.69, 9.17) is 0 Å². The molecule has 2 aliphatic carbocycles. The number of halogens is 5.